The Labute approximate surface area is 178 Å². The van der Waals surface area contributed by atoms with E-state index in [1.165, 1.54) is 12.3 Å². The maximum Gasteiger partial charge on any atom is 0.255 e. The third-order valence-electron chi connectivity index (χ3n) is 4.93. The van der Waals surface area contributed by atoms with E-state index in [4.69, 9.17) is 5.26 Å². The van der Waals surface area contributed by atoms with Crippen molar-refractivity contribution in [3.8, 4) is 6.07 Å². The molecule has 3 amide bonds. The number of nitrogens with one attached hydrogen (secondary N) is 4. The maximum atomic E-state index is 12.5. The molecule has 0 saturated carbocycles. The van der Waals surface area contributed by atoms with Gasteiger partial charge in [0.15, 0.2) is 5.65 Å². The Kier molecular flexibility index (Phi) is 7.16. The summed E-state index contributed by atoms with van der Waals surface area (Å²) in [6.07, 6.45) is 6.14. The molecule has 0 atom stereocenters. The first-order valence-corrected chi connectivity index (χ1v) is 9.95. The molecule has 162 valence electrons. The highest BCUT2D eigenvalue weighted by Crippen LogP contribution is 2.19. The molecule has 3 heterocycles. The molecular formula is C20H24N8O3. The lowest BCUT2D eigenvalue weighted by molar-refractivity contribution is -0.127. The van der Waals surface area contributed by atoms with Crippen molar-refractivity contribution in [1.29, 1.82) is 5.26 Å². The van der Waals surface area contributed by atoms with Gasteiger partial charge in [-0.3, -0.25) is 14.4 Å². The highest BCUT2D eigenvalue weighted by Gasteiger charge is 2.22. The summed E-state index contributed by atoms with van der Waals surface area (Å²) in [6, 6.07) is 2.06. The van der Waals surface area contributed by atoms with Crippen molar-refractivity contribution >= 4 is 34.7 Å². The SMILES string of the molecule is C=CC(=O)N1CCC(Nc2cnc3[nH]cc(C(=O)NCC(=O)NCCC#N)c3n2)CC1. The first-order chi connectivity index (χ1) is 15.0. The van der Waals surface area contributed by atoms with Gasteiger partial charge in [0.25, 0.3) is 5.91 Å². The summed E-state index contributed by atoms with van der Waals surface area (Å²) >= 11 is 0. The lowest BCUT2D eigenvalue weighted by Gasteiger charge is -2.31. The molecule has 0 unspecified atom stereocenters. The topological polar surface area (TPSA) is 156 Å². The van der Waals surface area contributed by atoms with Crippen LogP contribution in [0.3, 0.4) is 0 Å². The van der Waals surface area contributed by atoms with Gasteiger partial charge in [0.1, 0.15) is 11.3 Å². The number of rotatable bonds is 8. The van der Waals surface area contributed by atoms with E-state index in [-0.39, 0.29) is 42.9 Å². The van der Waals surface area contributed by atoms with Gasteiger partial charge in [-0.1, -0.05) is 6.58 Å². The predicted octanol–water partition coefficient (Wildman–Crippen LogP) is 0.306. The van der Waals surface area contributed by atoms with Crippen LogP contribution in [0.15, 0.2) is 25.0 Å². The van der Waals surface area contributed by atoms with Crippen LogP contribution in [-0.2, 0) is 9.59 Å². The van der Waals surface area contributed by atoms with E-state index in [2.05, 4.69) is 37.5 Å². The van der Waals surface area contributed by atoms with Crippen molar-refractivity contribution in [2.75, 3.05) is 31.5 Å². The van der Waals surface area contributed by atoms with Crippen LogP contribution in [0, 0.1) is 11.3 Å². The van der Waals surface area contributed by atoms with Crippen molar-refractivity contribution in [2.45, 2.75) is 25.3 Å². The lowest BCUT2D eigenvalue weighted by atomic mass is 10.1. The summed E-state index contributed by atoms with van der Waals surface area (Å²) < 4.78 is 0. The number of fused-ring (bicyclic) bond motifs is 1. The number of nitriles is 1. The van der Waals surface area contributed by atoms with Gasteiger partial charge in [-0.25, -0.2) is 9.97 Å². The van der Waals surface area contributed by atoms with Crippen molar-refractivity contribution < 1.29 is 14.4 Å². The van der Waals surface area contributed by atoms with Gasteiger partial charge in [-0.2, -0.15) is 5.26 Å². The third-order valence-corrected chi connectivity index (χ3v) is 4.93. The molecule has 2 aromatic rings. The molecule has 31 heavy (non-hydrogen) atoms. The molecule has 1 fully saturated rings. The first-order valence-electron chi connectivity index (χ1n) is 9.95. The van der Waals surface area contributed by atoms with Crippen molar-refractivity contribution in [1.82, 2.24) is 30.5 Å². The molecule has 1 saturated heterocycles. The van der Waals surface area contributed by atoms with E-state index in [1.807, 2.05) is 6.07 Å². The lowest BCUT2D eigenvalue weighted by Crippen LogP contribution is -2.41. The standard InChI is InChI=1S/C20H24N8O3/c1-2-17(30)28-8-4-13(5-9-28)26-15-11-24-19-18(27-15)14(10-23-19)20(31)25-12-16(29)22-7-3-6-21/h2,10-11,13H,1,3-5,7-9,12H2,(H,22,29)(H,23,24)(H,25,31)(H,26,27). The van der Waals surface area contributed by atoms with Gasteiger partial charge < -0.3 is 25.8 Å². The molecule has 0 radical (unpaired) electrons. The molecular weight excluding hydrogens is 400 g/mol. The van der Waals surface area contributed by atoms with Crippen LogP contribution in [0.25, 0.3) is 11.2 Å². The van der Waals surface area contributed by atoms with E-state index in [0.29, 0.717) is 30.1 Å². The van der Waals surface area contributed by atoms with Crippen LogP contribution in [0.5, 0.6) is 0 Å². The molecule has 11 nitrogen and oxygen atoms in total. The quantitative estimate of drug-likeness (QED) is 0.351. The average Bonchev–Trinajstić information content (AvgIpc) is 3.21. The number of nitrogens with zero attached hydrogens (tertiary/aromatic N) is 4. The summed E-state index contributed by atoms with van der Waals surface area (Å²) in [5.74, 6) is -0.368. The maximum absolute atomic E-state index is 12.5. The van der Waals surface area contributed by atoms with Gasteiger partial charge in [0, 0.05) is 31.9 Å². The van der Waals surface area contributed by atoms with Crippen LogP contribution < -0.4 is 16.0 Å². The number of piperidine rings is 1. The highest BCUT2D eigenvalue weighted by molar-refractivity contribution is 6.05. The van der Waals surface area contributed by atoms with Crippen LogP contribution in [0.1, 0.15) is 29.6 Å². The minimum atomic E-state index is -0.454. The van der Waals surface area contributed by atoms with E-state index < -0.39 is 5.91 Å². The van der Waals surface area contributed by atoms with Crippen LogP contribution in [-0.4, -0.2) is 69.8 Å². The summed E-state index contributed by atoms with van der Waals surface area (Å²) in [4.78, 5) is 49.4. The fourth-order valence-electron chi connectivity index (χ4n) is 3.29. The predicted molar refractivity (Wildman–Crippen MR) is 113 cm³/mol. The molecule has 0 aromatic carbocycles. The molecule has 1 aliphatic heterocycles. The Hall–Kier alpha value is -3.94. The second kappa shape index (κ2) is 10.2. The van der Waals surface area contributed by atoms with Gasteiger partial charge in [0.05, 0.1) is 30.8 Å². The second-order valence-corrected chi connectivity index (χ2v) is 7.04. The molecule has 1 aliphatic rings. The van der Waals surface area contributed by atoms with E-state index >= 15 is 0 Å². The molecule has 2 aromatic heterocycles. The van der Waals surface area contributed by atoms with Crippen LogP contribution in [0.2, 0.25) is 0 Å². The normalized spacial score (nSPS) is 14.0. The number of likely N-dealkylation sites (tertiary alicyclic amines) is 1. The zero-order valence-corrected chi connectivity index (χ0v) is 17.0. The largest absolute Gasteiger partial charge is 0.366 e. The monoisotopic (exact) mass is 424 g/mol. The molecule has 3 rings (SSSR count). The van der Waals surface area contributed by atoms with Crippen molar-refractivity contribution in [3.63, 3.8) is 0 Å². The molecule has 0 spiro atoms. The number of aromatic nitrogens is 3. The minimum absolute atomic E-state index is 0.0682. The molecule has 0 bridgehead atoms. The Morgan fingerprint density at radius 1 is 1.32 bits per heavy atom. The molecule has 4 N–H and O–H groups in total. The molecule has 11 heteroatoms. The van der Waals surface area contributed by atoms with Crippen LogP contribution in [0.4, 0.5) is 5.82 Å². The zero-order valence-electron chi connectivity index (χ0n) is 17.0. The third kappa shape index (κ3) is 5.57. The smallest absolute Gasteiger partial charge is 0.255 e. The first kappa shape index (κ1) is 21.8. The summed E-state index contributed by atoms with van der Waals surface area (Å²) in [6.45, 7) is 4.81. The Morgan fingerprint density at radius 3 is 2.81 bits per heavy atom. The number of H-pyrrole nitrogens is 1. The Bertz CT molecular complexity index is 1020. The summed E-state index contributed by atoms with van der Waals surface area (Å²) in [5.41, 5.74) is 1.13. The number of carbonyl (C=O) groups is 3. The minimum Gasteiger partial charge on any atom is -0.366 e. The van der Waals surface area contributed by atoms with Gasteiger partial charge in [-0.05, 0) is 18.9 Å². The number of hydrogen-bond donors (Lipinski definition) is 4. The van der Waals surface area contributed by atoms with E-state index in [9.17, 15) is 14.4 Å². The van der Waals surface area contributed by atoms with E-state index in [0.717, 1.165) is 12.8 Å². The number of aromatic amines is 1. The Balaban J connectivity index is 1.60. The highest BCUT2D eigenvalue weighted by atomic mass is 16.2. The van der Waals surface area contributed by atoms with Gasteiger partial charge >= 0.3 is 0 Å². The number of hydrogen-bond acceptors (Lipinski definition) is 7. The zero-order chi connectivity index (χ0) is 22.2. The van der Waals surface area contributed by atoms with Gasteiger partial charge in [-0.15, -0.1) is 0 Å². The fourth-order valence-corrected chi connectivity index (χ4v) is 3.29. The fraction of sp³-hybridized carbons (Fsp3) is 0.400. The van der Waals surface area contributed by atoms with Gasteiger partial charge in [0.2, 0.25) is 11.8 Å². The Morgan fingerprint density at radius 2 is 2.10 bits per heavy atom. The average molecular weight is 424 g/mol. The van der Waals surface area contributed by atoms with Crippen LogP contribution >= 0.6 is 0 Å². The van der Waals surface area contributed by atoms with E-state index in [1.54, 1.807) is 11.1 Å². The summed E-state index contributed by atoms with van der Waals surface area (Å²) in [7, 11) is 0. The van der Waals surface area contributed by atoms with Crippen molar-refractivity contribution in [3.05, 3.63) is 30.6 Å². The number of anilines is 1. The van der Waals surface area contributed by atoms with Crippen molar-refractivity contribution in [2.24, 2.45) is 0 Å². The summed E-state index contributed by atoms with van der Waals surface area (Å²) in [5, 5.41) is 16.9. The number of carbonyl (C=O) groups excluding carboxylic acids is 3. The molecule has 0 aliphatic carbocycles. The number of amides is 3. The second-order valence-electron chi connectivity index (χ2n) is 7.04.